The van der Waals surface area contributed by atoms with Gasteiger partial charge in [0.1, 0.15) is 0 Å². The molecule has 1 aliphatic rings. The van der Waals surface area contributed by atoms with E-state index in [0.717, 1.165) is 42.7 Å². The number of ether oxygens (including phenoxy) is 1. The van der Waals surface area contributed by atoms with Crippen LogP contribution in [0.4, 0.5) is 5.69 Å². The molecule has 0 amide bonds. The zero-order chi connectivity index (χ0) is 18.4. The molecule has 1 fully saturated rings. The van der Waals surface area contributed by atoms with Crippen LogP contribution in [0.3, 0.4) is 0 Å². The predicted octanol–water partition coefficient (Wildman–Crippen LogP) is 3.26. The Bertz CT molecular complexity index is 765. The van der Waals surface area contributed by atoms with Gasteiger partial charge in [0.05, 0.1) is 7.11 Å². The SMILES string of the molecule is CN=C(NCc1ccnc(OC)c1)N1CCN(c2cccc(Cl)c2)CC1.I. The fourth-order valence-corrected chi connectivity index (χ4v) is 3.22. The van der Waals surface area contributed by atoms with E-state index in [9.17, 15) is 0 Å². The first-order valence-corrected chi connectivity index (χ1v) is 9.02. The predicted molar refractivity (Wildman–Crippen MR) is 122 cm³/mol. The standard InChI is InChI=1S/C19H24ClN5O.HI/c1-21-19(23-14-15-6-7-22-18(12-15)26-2)25-10-8-24(9-11-25)17-5-3-4-16(20)13-17;/h3-7,12-13H,8-11,14H2,1-2H3,(H,21,23);1H. The van der Waals surface area contributed by atoms with Gasteiger partial charge in [-0.15, -0.1) is 24.0 Å². The summed E-state index contributed by atoms with van der Waals surface area (Å²) in [6, 6.07) is 11.9. The van der Waals surface area contributed by atoms with Crippen LogP contribution in [0, 0.1) is 0 Å². The Labute approximate surface area is 182 Å². The minimum atomic E-state index is 0. The quantitative estimate of drug-likeness (QED) is 0.396. The average molecular weight is 502 g/mol. The van der Waals surface area contributed by atoms with Crippen molar-refractivity contribution in [1.82, 2.24) is 15.2 Å². The molecule has 2 aromatic rings. The molecule has 0 saturated carbocycles. The van der Waals surface area contributed by atoms with Crippen LogP contribution in [0.1, 0.15) is 5.56 Å². The molecule has 6 nitrogen and oxygen atoms in total. The fourth-order valence-electron chi connectivity index (χ4n) is 3.03. The third kappa shape index (κ3) is 5.87. The number of piperazine rings is 1. The number of rotatable bonds is 4. The van der Waals surface area contributed by atoms with E-state index in [1.807, 2.05) is 37.4 Å². The van der Waals surface area contributed by atoms with Crippen molar-refractivity contribution in [2.45, 2.75) is 6.54 Å². The smallest absolute Gasteiger partial charge is 0.213 e. The van der Waals surface area contributed by atoms with Crippen LogP contribution in [-0.4, -0.2) is 56.2 Å². The first-order valence-electron chi connectivity index (χ1n) is 8.64. The van der Waals surface area contributed by atoms with Crippen molar-refractivity contribution in [3.8, 4) is 5.88 Å². The Kier molecular flexibility index (Phi) is 8.43. The second kappa shape index (κ2) is 10.6. The van der Waals surface area contributed by atoms with E-state index in [2.05, 4.69) is 31.2 Å². The number of nitrogens with zero attached hydrogens (tertiary/aromatic N) is 4. The Balaban J connectivity index is 0.00000261. The maximum atomic E-state index is 6.11. The van der Waals surface area contributed by atoms with Gasteiger partial charge in [-0.05, 0) is 29.8 Å². The molecule has 2 heterocycles. The van der Waals surface area contributed by atoms with Gasteiger partial charge in [0.15, 0.2) is 5.96 Å². The highest BCUT2D eigenvalue weighted by Gasteiger charge is 2.19. The average Bonchev–Trinajstić information content (AvgIpc) is 2.69. The maximum Gasteiger partial charge on any atom is 0.213 e. The van der Waals surface area contributed by atoms with Gasteiger partial charge in [-0.1, -0.05) is 17.7 Å². The van der Waals surface area contributed by atoms with Crippen molar-refractivity contribution in [2.75, 3.05) is 45.2 Å². The number of benzene rings is 1. The number of halogens is 2. The van der Waals surface area contributed by atoms with Gasteiger partial charge in [0, 0.05) is 62.7 Å². The third-order valence-corrected chi connectivity index (χ3v) is 4.66. The van der Waals surface area contributed by atoms with Gasteiger partial charge in [0.25, 0.3) is 0 Å². The molecule has 1 N–H and O–H groups in total. The maximum absolute atomic E-state index is 6.11. The Morgan fingerprint density at radius 2 is 2.00 bits per heavy atom. The van der Waals surface area contributed by atoms with E-state index in [0.29, 0.717) is 12.4 Å². The highest BCUT2D eigenvalue weighted by molar-refractivity contribution is 14.0. The summed E-state index contributed by atoms with van der Waals surface area (Å²) in [5.41, 5.74) is 2.28. The summed E-state index contributed by atoms with van der Waals surface area (Å²) in [7, 11) is 3.44. The normalized spacial score (nSPS) is 14.6. The molecule has 1 aliphatic heterocycles. The molecule has 1 aromatic heterocycles. The highest BCUT2D eigenvalue weighted by Crippen LogP contribution is 2.20. The summed E-state index contributed by atoms with van der Waals surface area (Å²) in [4.78, 5) is 13.2. The molecular weight excluding hydrogens is 477 g/mol. The monoisotopic (exact) mass is 501 g/mol. The lowest BCUT2D eigenvalue weighted by atomic mass is 10.2. The van der Waals surface area contributed by atoms with Crippen LogP contribution in [-0.2, 0) is 6.54 Å². The van der Waals surface area contributed by atoms with Crippen molar-refractivity contribution in [3.63, 3.8) is 0 Å². The zero-order valence-electron chi connectivity index (χ0n) is 15.6. The lowest BCUT2D eigenvalue weighted by Gasteiger charge is -2.37. The molecule has 0 unspecified atom stereocenters. The molecule has 146 valence electrons. The van der Waals surface area contributed by atoms with Crippen LogP contribution < -0.4 is 15.0 Å². The number of hydrogen-bond donors (Lipinski definition) is 1. The Morgan fingerprint density at radius 3 is 2.67 bits per heavy atom. The molecule has 27 heavy (non-hydrogen) atoms. The summed E-state index contributed by atoms with van der Waals surface area (Å²) in [6.07, 6.45) is 1.75. The van der Waals surface area contributed by atoms with E-state index in [-0.39, 0.29) is 24.0 Å². The van der Waals surface area contributed by atoms with Crippen LogP contribution in [0.25, 0.3) is 0 Å². The van der Waals surface area contributed by atoms with Gasteiger partial charge in [0.2, 0.25) is 5.88 Å². The van der Waals surface area contributed by atoms with Crippen LogP contribution in [0.15, 0.2) is 47.6 Å². The van der Waals surface area contributed by atoms with Gasteiger partial charge in [-0.2, -0.15) is 0 Å². The van der Waals surface area contributed by atoms with Crippen molar-refractivity contribution < 1.29 is 4.74 Å². The van der Waals surface area contributed by atoms with Gasteiger partial charge < -0.3 is 19.9 Å². The number of aromatic nitrogens is 1. The van der Waals surface area contributed by atoms with Crippen LogP contribution in [0.2, 0.25) is 5.02 Å². The van der Waals surface area contributed by atoms with E-state index in [4.69, 9.17) is 16.3 Å². The molecule has 0 atom stereocenters. The molecule has 0 radical (unpaired) electrons. The van der Waals surface area contributed by atoms with Crippen molar-refractivity contribution >= 4 is 47.2 Å². The van der Waals surface area contributed by atoms with Crippen molar-refractivity contribution in [1.29, 1.82) is 0 Å². The van der Waals surface area contributed by atoms with E-state index < -0.39 is 0 Å². The zero-order valence-corrected chi connectivity index (χ0v) is 18.6. The Hall–Kier alpha value is -1.74. The van der Waals surface area contributed by atoms with E-state index in [1.165, 1.54) is 5.69 Å². The number of aliphatic imine (C=N–C) groups is 1. The van der Waals surface area contributed by atoms with Gasteiger partial charge in [-0.25, -0.2) is 4.98 Å². The molecule has 0 spiro atoms. The van der Waals surface area contributed by atoms with Crippen molar-refractivity contribution in [2.24, 2.45) is 4.99 Å². The molecule has 3 rings (SSSR count). The summed E-state index contributed by atoms with van der Waals surface area (Å²) in [5, 5.41) is 4.20. The Morgan fingerprint density at radius 1 is 1.22 bits per heavy atom. The number of guanidine groups is 1. The first kappa shape index (κ1) is 21.6. The van der Waals surface area contributed by atoms with Crippen LogP contribution >= 0.6 is 35.6 Å². The van der Waals surface area contributed by atoms with Gasteiger partial charge in [-0.3, -0.25) is 4.99 Å². The second-order valence-corrected chi connectivity index (χ2v) is 6.50. The minimum absolute atomic E-state index is 0. The summed E-state index contributed by atoms with van der Waals surface area (Å²) >= 11 is 6.11. The topological polar surface area (TPSA) is 53.0 Å². The van der Waals surface area contributed by atoms with Crippen LogP contribution in [0.5, 0.6) is 5.88 Å². The lowest BCUT2D eigenvalue weighted by Crippen LogP contribution is -2.52. The molecule has 1 aromatic carbocycles. The number of methoxy groups -OCH3 is 1. The van der Waals surface area contributed by atoms with E-state index in [1.54, 1.807) is 13.3 Å². The number of hydrogen-bond acceptors (Lipinski definition) is 4. The van der Waals surface area contributed by atoms with Gasteiger partial charge >= 0.3 is 0 Å². The molecule has 8 heteroatoms. The summed E-state index contributed by atoms with van der Waals surface area (Å²) in [5.74, 6) is 1.53. The van der Waals surface area contributed by atoms with E-state index >= 15 is 0 Å². The van der Waals surface area contributed by atoms with Crippen molar-refractivity contribution in [3.05, 3.63) is 53.2 Å². The number of nitrogens with one attached hydrogen (secondary N) is 1. The molecule has 0 bridgehead atoms. The minimum Gasteiger partial charge on any atom is -0.481 e. The molecule has 0 aliphatic carbocycles. The first-order chi connectivity index (χ1) is 12.7. The highest BCUT2D eigenvalue weighted by atomic mass is 127. The summed E-state index contributed by atoms with van der Waals surface area (Å²) < 4.78 is 5.17. The second-order valence-electron chi connectivity index (χ2n) is 6.06. The molecular formula is C19H25ClIN5O. The number of anilines is 1. The lowest BCUT2D eigenvalue weighted by molar-refractivity contribution is 0.372. The fraction of sp³-hybridized carbons (Fsp3) is 0.368. The summed E-state index contributed by atoms with van der Waals surface area (Å²) in [6.45, 7) is 4.37. The largest absolute Gasteiger partial charge is 0.481 e. The number of pyridine rings is 1. The third-order valence-electron chi connectivity index (χ3n) is 4.42. The molecule has 1 saturated heterocycles.